The number of amides is 1. The molecule has 6 aromatic carbocycles. The van der Waals surface area contributed by atoms with E-state index in [-0.39, 0.29) is 74.3 Å². The van der Waals surface area contributed by atoms with Crippen LogP contribution in [-0.2, 0) is 22.7 Å². The standard InChI is InChI=1S/C60H62N4O12S/c1-2-33-73-60-56(62(39-44-16-12-15-42-13-6-7-19-50(42)44)59(67)75-47-27-25-46(26-28-47)64(70)71)38-54(61-74-40-41-21-23-45(24-22-41)63(68)69)52-36-43(14-8-10-31-65)51(20-9-11-32-66)57(58(52)60)53-37-48(29-30-55(53)76-60)72-34-35-77-49-17-4-3-5-18-49/h2-7,12-13,15-19,21-30,36-37,43,51,56-58,65-66H,1,8-11,14,20,31-35,38-40H2/t43-,51+,56-,57+,58+,60+/m0/s1. The summed E-state index contributed by atoms with van der Waals surface area (Å²) in [5, 5.41) is 50.2. The van der Waals surface area contributed by atoms with Crippen molar-refractivity contribution in [2.24, 2.45) is 22.9 Å². The van der Waals surface area contributed by atoms with Crippen LogP contribution in [-0.4, -0.2) is 80.8 Å². The Morgan fingerprint density at radius 3 is 2.25 bits per heavy atom. The molecule has 0 aromatic heterocycles. The number of aliphatic hydroxyl groups is 2. The van der Waals surface area contributed by atoms with Gasteiger partial charge in [-0.3, -0.25) is 25.1 Å². The largest absolute Gasteiger partial charge is 0.493 e. The Morgan fingerprint density at radius 2 is 1.52 bits per heavy atom. The molecule has 9 rings (SSSR count). The number of rotatable bonds is 25. The summed E-state index contributed by atoms with van der Waals surface area (Å²) < 4.78 is 27.5. The SMILES string of the molecule is C=CCO[C@@]12Oc3ccc(OCCSc4ccccc4)cc3[C@H]3[C@H](CCCCO)[C@@H](CCCCO)C=C(C(=NOCc4ccc([N+](=O)[O-])cc4)C[C@@H]1N(Cc1cccc4ccccc14)C(=O)Oc1ccc([N+](=O)[O-])cc1)[C@H]32. The highest BCUT2D eigenvalue weighted by molar-refractivity contribution is 7.99. The van der Waals surface area contributed by atoms with Gasteiger partial charge >= 0.3 is 6.09 Å². The molecule has 1 heterocycles. The van der Waals surface area contributed by atoms with Gasteiger partial charge in [-0.15, -0.1) is 18.3 Å². The number of aliphatic hydroxyl groups excluding tert-OH is 2. The number of thioether (sulfide) groups is 1. The van der Waals surface area contributed by atoms with E-state index in [1.54, 1.807) is 34.9 Å². The van der Waals surface area contributed by atoms with E-state index in [0.29, 0.717) is 60.8 Å². The number of benzene rings is 6. The van der Waals surface area contributed by atoms with Crippen molar-refractivity contribution in [3.63, 3.8) is 0 Å². The molecule has 2 N–H and O–H groups in total. The average Bonchev–Trinajstić information content (AvgIpc) is 3.49. The van der Waals surface area contributed by atoms with Crippen molar-refractivity contribution in [2.45, 2.75) is 80.7 Å². The van der Waals surface area contributed by atoms with Gasteiger partial charge in [-0.1, -0.05) is 90.8 Å². The maximum atomic E-state index is 15.5. The second-order valence-electron chi connectivity index (χ2n) is 19.4. The van der Waals surface area contributed by atoms with Crippen molar-refractivity contribution in [1.29, 1.82) is 0 Å². The van der Waals surface area contributed by atoms with E-state index in [4.69, 9.17) is 28.9 Å². The normalized spacial score (nSPS) is 20.7. The third-order valence-corrected chi connectivity index (χ3v) is 15.6. The van der Waals surface area contributed by atoms with Gasteiger partial charge in [0.2, 0.25) is 5.79 Å². The summed E-state index contributed by atoms with van der Waals surface area (Å²) in [6, 6.07) is 40.1. The van der Waals surface area contributed by atoms with E-state index in [9.17, 15) is 30.4 Å². The molecule has 17 heteroatoms. The third-order valence-electron chi connectivity index (χ3n) is 14.6. The molecule has 1 saturated carbocycles. The first-order valence-electron chi connectivity index (χ1n) is 26.0. The van der Waals surface area contributed by atoms with Crippen LogP contribution >= 0.6 is 11.8 Å². The van der Waals surface area contributed by atoms with Gasteiger partial charge in [0, 0.05) is 66.0 Å². The number of nitrogens with zero attached hydrogens (tertiary/aromatic N) is 4. The van der Waals surface area contributed by atoms with Crippen molar-refractivity contribution in [2.75, 3.05) is 32.2 Å². The van der Waals surface area contributed by atoms with Crippen LogP contribution in [0.1, 0.15) is 67.6 Å². The molecular formula is C60H62N4O12S. The van der Waals surface area contributed by atoms with Crippen LogP contribution in [0.5, 0.6) is 17.2 Å². The number of carbonyl (C=O) groups excluding carboxylic acids is 1. The molecule has 3 aliphatic rings. The summed E-state index contributed by atoms with van der Waals surface area (Å²) in [5.41, 5.74) is 3.42. The molecule has 0 unspecified atom stereocenters. The molecule has 1 aliphatic heterocycles. The first-order valence-corrected chi connectivity index (χ1v) is 27.0. The summed E-state index contributed by atoms with van der Waals surface area (Å²) in [7, 11) is 0. The Balaban J connectivity index is 1.22. The van der Waals surface area contributed by atoms with E-state index in [2.05, 4.69) is 30.9 Å². The molecule has 6 atom stereocenters. The minimum atomic E-state index is -1.66. The van der Waals surface area contributed by atoms with E-state index in [0.717, 1.165) is 45.2 Å². The molecule has 0 radical (unpaired) electrons. The molecule has 1 amide bonds. The van der Waals surface area contributed by atoms with Crippen LogP contribution in [0.2, 0.25) is 0 Å². The fourth-order valence-electron chi connectivity index (χ4n) is 11.2. The van der Waals surface area contributed by atoms with E-state index in [1.165, 1.54) is 36.4 Å². The Labute approximate surface area is 451 Å². The Kier molecular flexibility index (Phi) is 18.0. The number of nitro benzene ring substituents is 2. The number of allylic oxidation sites excluding steroid dienone is 1. The number of unbranched alkanes of at least 4 members (excludes halogenated alkanes) is 2. The predicted octanol–water partition coefficient (Wildman–Crippen LogP) is 12.4. The summed E-state index contributed by atoms with van der Waals surface area (Å²) in [5.74, 6) is -0.850. The summed E-state index contributed by atoms with van der Waals surface area (Å²) in [6.45, 7) is 4.54. The second-order valence-corrected chi connectivity index (χ2v) is 20.5. The molecule has 0 spiro atoms. The molecule has 0 saturated heterocycles. The molecule has 16 nitrogen and oxygen atoms in total. The topological polar surface area (TPSA) is 206 Å². The van der Waals surface area contributed by atoms with Gasteiger partial charge in [-0.2, -0.15) is 0 Å². The number of non-ortho nitro benzene ring substituents is 2. The lowest BCUT2D eigenvalue weighted by Gasteiger charge is -2.59. The monoisotopic (exact) mass is 1060 g/mol. The number of ether oxygens (including phenoxy) is 4. The lowest BCUT2D eigenvalue weighted by molar-refractivity contribution is -0.385. The lowest BCUT2D eigenvalue weighted by atomic mass is 9.55. The van der Waals surface area contributed by atoms with Gasteiger partial charge in [-0.25, -0.2) is 4.79 Å². The fraction of sp³-hybridized carbons (Fsp3) is 0.333. The maximum Gasteiger partial charge on any atom is 0.416 e. The van der Waals surface area contributed by atoms with Crippen LogP contribution in [0.15, 0.2) is 174 Å². The summed E-state index contributed by atoms with van der Waals surface area (Å²) in [6.07, 6.45) is 7.22. The van der Waals surface area contributed by atoms with Crippen LogP contribution in [0, 0.1) is 38.0 Å². The maximum absolute atomic E-state index is 15.5. The number of hydrogen-bond donors (Lipinski definition) is 2. The van der Waals surface area contributed by atoms with E-state index in [1.807, 2.05) is 72.8 Å². The lowest BCUT2D eigenvalue weighted by Crippen LogP contribution is -2.70. The number of carbonyl (C=O) groups is 1. The zero-order valence-electron chi connectivity index (χ0n) is 42.6. The number of hydrogen-bond acceptors (Lipinski definition) is 14. The molecule has 400 valence electrons. The van der Waals surface area contributed by atoms with Crippen molar-refractivity contribution >= 4 is 45.7 Å². The van der Waals surface area contributed by atoms with Crippen molar-refractivity contribution in [3.8, 4) is 17.2 Å². The van der Waals surface area contributed by atoms with Gasteiger partial charge in [0.25, 0.3) is 11.4 Å². The summed E-state index contributed by atoms with van der Waals surface area (Å²) >= 11 is 1.70. The van der Waals surface area contributed by atoms with Crippen molar-refractivity contribution in [3.05, 3.63) is 201 Å². The van der Waals surface area contributed by atoms with Gasteiger partial charge in [-0.05, 0) is 120 Å². The average molecular weight is 1060 g/mol. The second kappa shape index (κ2) is 25.5. The van der Waals surface area contributed by atoms with Crippen LogP contribution in [0.4, 0.5) is 16.2 Å². The van der Waals surface area contributed by atoms with Crippen LogP contribution in [0.25, 0.3) is 10.8 Å². The Bertz CT molecular complexity index is 3080. The van der Waals surface area contributed by atoms with Crippen molar-refractivity contribution in [1.82, 2.24) is 4.90 Å². The van der Waals surface area contributed by atoms with Gasteiger partial charge in [0.05, 0.1) is 41.2 Å². The van der Waals surface area contributed by atoms with Crippen LogP contribution < -0.4 is 14.2 Å². The van der Waals surface area contributed by atoms with Crippen molar-refractivity contribution < 1.29 is 48.6 Å². The molecular weight excluding hydrogens is 1000 g/mol. The van der Waals surface area contributed by atoms with Gasteiger partial charge in [0.15, 0.2) is 0 Å². The molecule has 1 fully saturated rings. The molecule has 0 bridgehead atoms. The Hall–Kier alpha value is -7.57. The zero-order valence-corrected chi connectivity index (χ0v) is 43.4. The van der Waals surface area contributed by atoms with Gasteiger partial charge in [0.1, 0.15) is 29.9 Å². The summed E-state index contributed by atoms with van der Waals surface area (Å²) in [4.78, 5) is 46.7. The Morgan fingerprint density at radius 1 is 0.831 bits per heavy atom. The highest BCUT2D eigenvalue weighted by Gasteiger charge is 2.66. The first-order chi connectivity index (χ1) is 37.6. The number of nitro groups is 2. The minimum Gasteiger partial charge on any atom is -0.493 e. The quantitative estimate of drug-likeness (QED) is 0.0180. The molecule has 6 aromatic rings. The van der Waals surface area contributed by atoms with E-state index >= 15 is 4.79 Å². The van der Waals surface area contributed by atoms with Gasteiger partial charge < -0.3 is 34.0 Å². The van der Waals surface area contributed by atoms with E-state index < -0.39 is 33.7 Å². The zero-order chi connectivity index (χ0) is 53.7. The fourth-order valence-corrected chi connectivity index (χ4v) is 11.9. The molecule has 2 aliphatic carbocycles. The minimum absolute atomic E-state index is 0.00188. The highest BCUT2D eigenvalue weighted by atomic mass is 32.2. The highest BCUT2D eigenvalue weighted by Crippen LogP contribution is 2.62. The smallest absolute Gasteiger partial charge is 0.416 e. The van der Waals surface area contributed by atoms with Crippen LogP contribution in [0.3, 0.4) is 0 Å². The predicted molar refractivity (Wildman–Crippen MR) is 294 cm³/mol. The first kappa shape index (κ1) is 54.2. The number of oxime groups is 1. The third kappa shape index (κ3) is 12.5. The molecule has 77 heavy (non-hydrogen) atoms. The number of fused-ring (bicyclic) bond motifs is 3.